The summed E-state index contributed by atoms with van der Waals surface area (Å²) in [5.74, 6) is 1.50. The van der Waals surface area contributed by atoms with Crippen LogP contribution < -0.4 is 0 Å². The molecule has 1 saturated carbocycles. The zero-order valence-corrected chi connectivity index (χ0v) is 13.6. The molecule has 0 saturated heterocycles. The van der Waals surface area contributed by atoms with Gasteiger partial charge in [0.15, 0.2) is 0 Å². The molecule has 3 heterocycles. The summed E-state index contributed by atoms with van der Waals surface area (Å²) in [6.07, 6.45) is 3.88. The smallest absolute Gasteiger partial charge is 0.146 e. The minimum atomic E-state index is 0.275. The molecule has 0 N–H and O–H groups in total. The van der Waals surface area contributed by atoms with Crippen molar-refractivity contribution in [3.8, 4) is 11.3 Å². The minimum Gasteiger partial charge on any atom is -0.360 e. The highest BCUT2D eigenvalue weighted by molar-refractivity contribution is 6.35. The Morgan fingerprint density at radius 2 is 2.09 bits per heavy atom. The zero-order chi connectivity index (χ0) is 15.4. The summed E-state index contributed by atoms with van der Waals surface area (Å²) < 4.78 is 7.68. The Bertz CT molecular complexity index is 861. The van der Waals surface area contributed by atoms with Crippen molar-refractivity contribution in [2.45, 2.75) is 45.6 Å². The third-order valence-corrected chi connectivity index (χ3v) is 4.55. The Kier molecular flexibility index (Phi) is 3.01. The summed E-state index contributed by atoms with van der Waals surface area (Å²) in [6.45, 7) is 6.33. The van der Waals surface area contributed by atoms with E-state index in [0.29, 0.717) is 11.1 Å². The quantitative estimate of drug-likeness (QED) is 0.667. The molecule has 0 aromatic carbocycles. The molecule has 5 nitrogen and oxygen atoms in total. The van der Waals surface area contributed by atoms with Gasteiger partial charge in [-0.2, -0.15) is 0 Å². The molecule has 0 atom stereocenters. The molecule has 3 aromatic rings. The highest BCUT2D eigenvalue weighted by atomic mass is 35.5. The van der Waals surface area contributed by atoms with Crippen molar-refractivity contribution in [1.29, 1.82) is 0 Å². The third kappa shape index (κ3) is 1.96. The standard InChI is InChI=1S/C16H17ClN4O/c1-8(2)21-9(3)13(14-15(17)18-7-19-16(14)21)11-6-12(22-20-11)10-4-5-10/h6-8,10H,4-5H2,1-3H3. The van der Waals surface area contributed by atoms with E-state index < -0.39 is 0 Å². The van der Waals surface area contributed by atoms with Gasteiger partial charge in [0.25, 0.3) is 0 Å². The summed E-state index contributed by atoms with van der Waals surface area (Å²) in [4.78, 5) is 8.58. The van der Waals surface area contributed by atoms with Gasteiger partial charge in [0.1, 0.15) is 28.6 Å². The van der Waals surface area contributed by atoms with Gasteiger partial charge in [0, 0.05) is 29.3 Å². The second-order valence-corrected chi connectivity index (χ2v) is 6.53. The van der Waals surface area contributed by atoms with Gasteiger partial charge >= 0.3 is 0 Å². The Morgan fingerprint density at radius 1 is 1.32 bits per heavy atom. The van der Waals surface area contributed by atoms with Crippen LogP contribution >= 0.6 is 11.6 Å². The Labute approximate surface area is 133 Å². The first-order chi connectivity index (χ1) is 10.6. The van der Waals surface area contributed by atoms with Crippen LogP contribution in [0.25, 0.3) is 22.3 Å². The first kappa shape index (κ1) is 13.8. The molecule has 6 heteroatoms. The molecule has 22 heavy (non-hydrogen) atoms. The summed E-state index contributed by atoms with van der Waals surface area (Å²) in [5.41, 5.74) is 3.73. The lowest BCUT2D eigenvalue weighted by Crippen LogP contribution is -2.03. The zero-order valence-electron chi connectivity index (χ0n) is 12.8. The number of nitrogens with zero attached hydrogens (tertiary/aromatic N) is 4. The van der Waals surface area contributed by atoms with E-state index in [1.54, 1.807) is 0 Å². The molecular weight excluding hydrogens is 300 g/mol. The molecule has 0 radical (unpaired) electrons. The average Bonchev–Trinajstić information content (AvgIpc) is 3.12. The van der Waals surface area contributed by atoms with E-state index in [1.807, 2.05) is 6.07 Å². The molecule has 0 amide bonds. The molecule has 1 aliphatic rings. The number of hydrogen-bond donors (Lipinski definition) is 0. The minimum absolute atomic E-state index is 0.275. The van der Waals surface area contributed by atoms with Crippen LogP contribution in [0.4, 0.5) is 0 Å². The number of halogens is 1. The van der Waals surface area contributed by atoms with Crippen LogP contribution in [0.5, 0.6) is 0 Å². The average molecular weight is 317 g/mol. The van der Waals surface area contributed by atoms with Crippen LogP contribution in [-0.4, -0.2) is 19.7 Å². The van der Waals surface area contributed by atoms with Gasteiger partial charge in [0.2, 0.25) is 0 Å². The Balaban J connectivity index is 2.01. The van der Waals surface area contributed by atoms with Crippen molar-refractivity contribution in [2.75, 3.05) is 0 Å². The fourth-order valence-electron chi connectivity index (χ4n) is 3.13. The highest BCUT2D eigenvalue weighted by Gasteiger charge is 2.30. The molecule has 0 bridgehead atoms. The van der Waals surface area contributed by atoms with Crippen LogP contribution in [0.1, 0.15) is 50.1 Å². The predicted molar refractivity (Wildman–Crippen MR) is 85.1 cm³/mol. The lowest BCUT2D eigenvalue weighted by atomic mass is 10.1. The van der Waals surface area contributed by atoms with Gasteiger partial charge in [-0.1, -0.05) is 16.8 Å². The first-order valence-corrected chi connectivity index (χ1v) is 7.93. The maximum atomic E-state index is 6.36. The number of aromatic nitrogens is 4. The summed E-state index contributed by atoms with van der Waals surface area (Å²) in [6, 6.07) is 2.31. The van der Waals surface area contributed by atoms with Gasteiger partial charge in [0.05, 0.1) is 5.39 Å². The van der Waals surface area contributed by atoms with Crippen molar-refractivity contribution in [2.24, 2.45) is 0 Å². The van der Waals surface area contributed by atoms with Crippen LogP contribution in [0.2, 0.25) is 5.15 Å². The van der Waals surface area contributed by atoms with Gasteiger partial charge in [-0.25, -0.2) is 9.97 Å². The molecule has 1 aliphatic carbocycles. The maximum Gasteiger partial charge on any atom is 0.146 e. The number of rotatable bonds is 3. The molecular formula is C16H17ClN4O. The SMILES string of the molecule is Cc1c(-c2cc(C3CC3)on2)c2c(Cl)ncnc2n1C(C)C. The van der Waals surface area contributed by atoms with E-state index in [1.165, 1.54) is 19.2 Å². The monoisotopic (exact) mass is 316 g/mol. The molecule has 0 spiro atoms. The fraction of sp³-hybridized carbons (Fsp3) is 0.438. The summed E-state index contributed by atoms with van der Waals surface area (Å²) >= 11 is 6.36. The molecule has 0 unspecified atom stereocenters. The first-order valence-electron chi connectivity index (χ1n) is 7.56. The second kappa shape index (κ2) is 4.81. The number of hydrogen-bond acceptors (Lipinski definition) is 4. The molecule has 114 valence electrons. The normalized spacial score (nSPS) is 15.1. The largest absolute Gasteiger partial charge is 0.360 e. The van der Waals surface area contributed by atoms with Gasteiger partial charge in [-0.05, 0) is 33.6 Å². The van der Waals surface area contributed by atoms with E-state index in [9.17, 15) is 0 Å². The maximum absolute atomic E-state index is 6.36. The van der Waals surface area contributed by atoms with Crippen LogP contribution in [-0.2, 0) is 0 Å². The molecule has 3 aromatic heterocycles. The Morgan fingerprint density at radius 3 is 2.77 bits per heavy atom. The third-order valence-electron chi connectivity index (χ3n) is 4.26. The second-order valence-electron chi connectivity index (χ2n) is 6.18. The van der Waals surface area contributed by atoms with Gasteiger partial charge in [-0.15, -0.1) is 0 Å². The topological polar surface area (TPSA) is 56.7 Å². The van der Waals surface area contributed by atoms with Gasteiger partial charge in [-0.3, -0.25) is 0 Å². The molecule has 1 fully saturated rings. The van der Waals surface area contributed by atoms with Crippen molar-refractivity contribution in [1.82, 2.24) is 19.7 Å². The number of fused-ring (bicyclic) bond motifs is 1. The van der Waals surface area contributed by atoms with Crippen molar-refractivity contribution < 1.29 is 4.52 Å². The van der Waals surface area contributed by atoms with Crippen molar-refractivity contribution >= 4 is 22.6 Å². The van der Waals surface area contributed by atoms with Crippen LogP contribution in [0.3, 0.4) is 0 Å². The van der Waals surface area contributed by atoms with Crippen molar-refractivity contribution in [3.05, 3.63) is 29.0 Å². The molecule has 4 rings (SSSR count). The lowest BCUT2D eigenvalue weighted by molar-refractivity contribution is 0.386. The lowest BCUT2D eigenvalue weighted by Gasteiger charge is -2.11. The predicted octanol–water partition coefficient (Wildman–Crippen LogP) is 4.51. The Hall–Kier alpha value is -1.88. The summed E-state index contributed by atoms with van der Waals surface area (Å²) in [5, 5.41) is 5.58. The van der Waals surface area contributed by atoms with Gasteiger partial charge < -0.3 is 9.09 Å². The van der Waals surface area contributed by atoms with E-state index in [2.05, 4.69) is 40.5 Å². The fourth-order valence-corrected chi connectivity index (χ4v) is 3.35. The van der Waals surface area contributed by atoms with E-state index in [4.69, 9.17) is 16.1 Å². The van der Waals surface area contributed by atoms with E-state index in [-0.39, 0.29) is 6.04 Å². The van der Waals surface area contributed by atoms with Crippen molar-refractivity contribution in [3.63, 3.8) is 0 Å². The molecule has 0 aliphatic heterocycles. The van der Waals surface area contributed by atoms with E-state index >= 15 is 0 Å². The van der Waals surface area contributed by atoms with Crippen LogP contribution in [0, 0.1) is 6.92 Å². The van der Waals surface area contributed by atoms with E-state index in [0.717, 1.165) is 33.7 Å². The highest BCUT2D eigenvalue weighted by Crippen LogP contribution is 2.43. The summed E-state index contributed by atoms with van der Waals surface area (Å²) in [7, 11) is 0. The van der Waals surface area contributed by atoms with Crippen LogP contribution in [0.15, 0.2) is 16.9 Å².